The Labute approximate surface area is 200 Å². The van der Waals surface area contributed by atoms with Crippen molar-refractivity contribution in [3.05, 3.63) is 131 Å². The molecular formula is C29H27N3O2. The van der Waals surface area contributed by atoms with Crippen LogP contribution in [0.1, 0.15) is 32.6 Å². The lowest BCUT2D eigenvalue weighted by atomic mass is 10.1. The number of aryl methyl sites for hydroxylation is 1. The number of anilines is 1. The lowest BCUT2D eigenvalue weighted by molar-refractivity contribution is -0.120. The average molecular weight is 450 g/mol. The summed E-state index contributed by atoms with van der Waals surface area (Å²) in [4.78, 5) is 31.9. The van der Waals surface area contributed by atoms with Crippen molar-refractivity contribution in [2.24, 2.45) is 0 Å². The Balaban J connectivity index is 1.53. The molecule has 0 radical (unpaired) electrons. The van der Waals surface area contributed by atoms with Crippen molar-refractivity contribution in [2.75, 3.05) is 4.90 Å². The van der Waals surface area contributed by atoms with Gasteiger partial charge in [-0.2, -0.15) is 0 Å². The summed E-state index contributed by atoms with van der Waals surface area (Å²) in [6, 6.07) is 28.9. The first-order valence-corrected chi connectivity index (χ1v) is 11.3. The third kappa shape index (κ3) is 6.17. The van der Waals surface area contributed by atoms with Gasteiger partial charge in [0.15, 0.2) is 0 Å². The van der Waals surface area contributed by atoms with Crippen molar-refractivity contribution < 1.29 is 9.59 Å². The van der Waals surface area contributed by atoms with Crippen molar-refractivity contribution >= 4 is 17.5 Å². The van der Waals surface area contributed by atoms with Crippen molar-refractivity contribution in [1.82, 2.24) is 10.3 Å². The minimum Gasteiger partial charge on any atom is -0.352 e. The summed E-state index contributed by atoms with van der Waals surface area (Å²) in [7, 11) is 0. The van der Waals surface area contributed by atoms with E-state index in [1.807, 2.05) is 97.9 Å². The van der Waals surface area contributed by atoms with Crippen LogP contribution in [0, 0.1) is 6.92 Å². The van der Waals surface area contributed by atoms with Gasteiger partial charge >= 0.3 is 0 Å². The van der Waals surface area contributed by atoms with E-state index in [1.54, 1.807) is 17.3 Å². The first-order valence-electron chi connectivity index (χ1n) is 11.3. The Morgan fingerprint density at radius 2 is 1.56 bits per heavy atom. The zero-order valence-corrected chi connectivity index (χ0v) is 19.1. The second kappa shape index (κ2) is 11.1. The van der Waals surface area contributed by atoms with Crippen LogP contribution in [-0.4, -0.2) is 16.8 Å². The van der Waals surface area contributed by atoms with Gasteiger partial charge < -0.3 is 10.2 Å². The molecule has 34 heavy (non-hydrogen) atoms. The van der Waals surface area contributed by atoms with Gasteiger partial charge in [-0.1, -0.05) is 66.2 Å². The van der Waals surface area contributed by atoms with Crippen molar-refractivity contribution in [1.29, 1.82) is 0 Å². The average Bonchev–Trinajstić information content (AvgIpc) is 2.87. The molecule has 0 saturated carbocycles. The third-order valence-electron chi connectivity index (χ3n) is 5.53. The van der Waals surface area contributed by atoms with E-state index in [0.29, 0.717) is 18.7 Å². The monoisotopic (exact) mass is 449 g/mol. The van der Waals surface area contributed by atoms with E-state index in [-0.39, 0.29) is 18.2 Å². The summed E-state index contributed by atoms with van der Waals surface area (Å²) in [5.74, 6) is -0.164. The summed E-state index contributed by atoms with van der Waals surface area (Å²) in [5, 5.41) is 2.93. The highest BCUT2D eigenvalue weighted by atomic mass is 16.2. The molecule has 0 saturated heterocycles. The molecule has 4 aromatic rings. The van der Waals surface area contributed by atoms with Crippen LogP contribution in [0.2, 0.25) is 0 Å². The molecule has 5 heteroatoms. The Morgan fingerprint density at radius 1 is 0.824 bits per heavy atom. The first-order chi connectivity index (χ1) is 16.6. The molecule has 1 aromatic heterocycles. The molecule has 0 aliphatic heterocycles. The molecule has 0 spiro atoms. The van der Waals surface area contributed by atoms with Crippen LogP contribution in [-0.2, 0) is 24.3 Å². The summed E-state index contributed by atoms with van der Waals surface area (Å²) in [5.41, 5.74) is 5.31. The van der Waals surface area contributed by atoms with Gasteiger partial charge in [-0.15, -0.1) is 0 Å². The van der Waals surface area contributed by atoms with Gasteiger partial charge in [0.25, 0.3) is 5.91 Å². The van der Waals surface area contributed by atoms with Gasteiger partial charge in [0.2, 0.25) is 5.91 Å². The molecule has 0 bridgehead atoms. The van der Waals surface area contributed by atoms with Gasteiger partial charge in [0.05, 0.1) is 13.0 Å². The fourth-order valence-electron chi connectivity index (χ4n) is 3.68. The molecule has 0 unspecified atom stereocenters. The lowest BCUT2D eigenvalue weighted by Gasteiger charge is -2.24. The van der Waals surface area contributed by atoms with Crippen molar-refractivity contribution in [3.8, 4) is 0 Å². The van der Waals surface area contributed by atoms with Crippen LogP contribution in [0.5, 0.6) is 0 Å². The molecule has 1 heterocycles. The predicted octanol–water partition coefficient (Wildman–Crippen LogP) is 5.10. The fourth-order valence-corrected chi connectivity index (χ4v) is 3.68. The molecule has 0 atom stereocenters. The number of hydrogen-bond acceptors (Lipinski definition) is 3. The molecule has 170 valence electrons. The van der Waals surface area contributed by atoms with Crippen molar-refractivity contribution in [2.45, 2.75) is 26.4 Å². The van der Waals surface area contributed by atoms with Crippen LogP contribution in [0.25, 0.3) is 0 Å². The number of carbonyl (C=O) groups is 2. The standard InChI is InChI=1S/C29H27N3O2/c1-22-12-14-26(15-13-22)29(34)32(21-23-7-3-2-4-8-23)27-11-5-9-24(17-27)18-28(33)31-20-25-10-6-16-30-19-25/h2-17,19H,18,20-21H2,1H3,(H,31,33). The largest absolute Gasteiger partial charge is 0.352 e. The van der Waals surface area contributed by atoms with E-state index in [9.17, 15) is 9.59 Å². The topological polar surface area (TPSA) is 62.3 Å². The summed E-state index contributed by atoms with van der Waals surface area (Å²) >= 11 is 0. The summed E-state index contributed by atoms with van der Waals surface area (Å²) < 4.78 is 0. The molecular weight excluding hydrogens is 422 g/mol. The second-order valence-corrected chi connectivity index (χ2v) is 8.23. The SMILES string of the molecule is Cc1ccc(C(=O)N(Cc2ccccc2)c2cccc(CC(=O)NCc3cccnc3)c2)cc1. The van der Waals surface area contributed by atoms with Gasteiger partial charge in [-0.05, 0) is 53.9 Å². The Hall–Kier alpha value is -4.25. The van der Waals surface area contributed by atoms with Crippen LogP contribution < -0.4 is 10.2 Å². The number of aromatic nitrogens is 1. The molecule has 1 N–H and O–H groups in total. The molecule has 3 aromatic carbocycles. The normalized spacial score (nSPS) is 10.5. The highest BCUT2D eigenvalue weighted by Gasteiger charge is 2.19. The maximum atomic E-state index is 13.5. The number of nitrogens with zero attached hydrogens (tertiary/aromatic N) is 2. The van der Waals surface area contributed by atoms with Crippen LogP contribution in [0.4, 0.5) is 5.69 Å². The van der Waals surface area contributed by atoms with Gasteiger partial charge in [0.1, 0.15) is 0 Å². The van der Waals surface area contributed by atoms with Crippen LogP contribution >= 0.6 is 0 Å². The number of pyridine rings is 1. The number of benzene rings is 3. The molecule has 2 amide bonds. The number of nitrogens with one attached hydrogen (secondary N) is 1. The quantitative estimate of drug-likeness (QED) is 0.407. The van der Waals surface area contributed by atoms with Gasteiger partial charge in [-0.25, -0.2) is 0 Å². The second-order valence-electron chi connectivity index (χ2n) is 8.23. The lowest BCUT2D eigenvalue weighted by Crippen LogP contribution is -2.30. The molecule has 0 aliphatic rings. The Bertz CT molecular complexity index is 1240. The summed E-state index contributed by atoms with van der Waals surface area (Å²) in [6.07, 6.45) is 3.67. The Kier molecular flexibility index (Phi) is 7.45. The number of rotatable bonds is 8. The first kappa shape index (κ1) is 22.9. The summed E-state index contributed by atoms with van der Waals surface area (Å²) in [6.45, 7) is 2.86. The molecule has 4 rings (SSSR count). The van der Waals surface area contributed by atoms with Gasteiger partial charge in [-0.3, -0.25) is 14.6 Å². The van der Waals surface area contributed by atoms with E-state index in [0.717, 1.165) is 27.9 Å². The predicted molar refractivity (Wildman–Crippen MR) is 134 cm³/mol. The van der Waals surface area contributed by atoms with Gasteiger partial charge in [0, 0.05) is 30.2 Å². The van der Waals surface area contributed by atoms with Crippen LogP contribution in [0.15, 0.2) is 103 Å². The molecule has 5 nitrogen and oxygen atoms in total. The maximum absolute atomic E-state index is 13.5. The fraction of sp³-hybridized carbons (Fsp3) is 0.138. The van der Waals surface area contributed by atoms with Crippen LogP contribution in [0.3, 0.4) is 0 Å². The molecule has 0 aliphatic carbocycles. The number of carbonyl (C=O) groups excluding carboxylic acids is 2. The maximum Gasteiger partial charge on any atom is 0.258 e. The minimum absolute atomic E-state index is 0.0815. The van der Waals surface area contributed by atoms with E-state index >= 15 is 0 Å². The smallest absolute Gasteiger partial charge is 0.258 e. The van der Waals surface area contributed by atoms with E-state index in [4.69, 9.17) is 0 Å². The molecule has 0 fully saturated rings. The highest BCUT2D eigenvalue weighted by Crippen LogP contribution is 2.22. The number of hydrogen-bond donors (Lipinski definition) is 1. The van der Waals surface area contributed by atoms with E-state index < -0.39 is 0 Å². The minimum atomic E-state index is -0.0829. The highest BCUT2D eigenvalue weighted by molar-refractivity contribution is 6.06. The zero-order valence-electron chi connectivity index (χ0n) is 19.1. The van der Waals surface area contributed by atoms with Crippen molar-refractivity contribution in [3.63, 3.8) is 0 Å². The third-order valence-corrected chi connectivity index (χ3v) is 5.53. The van der Waals surface area contributed by atoms with E-state index in [1.165, 1.54) is 0 Å². The van der Waals surface area contributed by atoms with E-state index in [2.05, 4.69) is 10.3 Å². The number of amides is 2. The zero-order chi connectivity index (χ0) is 23.8. The Morgan fingerprint density at radius 3 is 2.29 bits per heavy atom.